The zero-order valence-electron chi connectivity index (χ0n) is 20.9. The van der Waals surface area contributed by atoms with E-state index >= 15 is 0 Å². The number of benzene rings is 1. The molecule has 2 aliphatic heterocycles. The number of rotatable bonds is 7. The molecule has 0 spiro atoms. The van der Waals surface area contributed by atoms with Crippen molar-refractivity contribution in [1.82, 2.24) is 25.3 Å². The number of alkyl halides is 1. The molecule has 0 aliphatic carbocycles. The number of nitrogens with one attached hydrogen (secondary N) is 2. The first kappa shape index (κ1) is 24.8. The number of urea groups is 1. The van der Waals surface area contributed by atoms with Gasteiger partial charge < -0.3 is 25.2 Å². The number of fused-ring (bicyclic) bond motifs is 1. The quantitative estimate of drug-likeness (QED) is 0.471. The molecule has 194 valence electrons. The first-order chi connectivity index (χ1) is 18.1. The number of amides is 2. The molecule has 4 heterocycles. The monoisotopic (exact) mass is 506 g/mol. The number of hydrogen-bond acceptors (Lipinski definition) is 8. The smallest absolute Gasteiger partial charge is 0.319 e. The zero-order valence-corrected chi connectivity index (χ0v) is 20.9. The van der Waals surface area contributed by atoms with Gasteiger partial charge in [0.15, 0.2) is 5.82 Å². The second-order valence-electron chi connectivity index (χ2n) is 9.13. The lowest BCUT2D eigenvalue weighted by Crippen LogP contribution is -2.45. The predicted molar refractivity (Wildman–Crippen MR) is 139 cm³/mol. The third kappa shape index (κ3) is 5.77. The number of nitrogens with zero attached hydrogens (tertiary/aromatic N) is 6. The third-order valence-corrected chi connectivity index (χ3v) is 6.51. The lowest BCUT2D eigenvalue weighted by Gasteiger charge is -2.37. The summed E-state index contributed by atoms with van der Waals surface area (Å²) in [5.74, 6) is 2.27. The van der Waals surface area contributed by atoms with Gasteiger partial charge in [0.05, 0.1) is 38.2 Å². The summed E-state index contributed by atoms with van der Waals surface area (Å²) >= 11 is 0. The van der Waals surface area contributed by atoms with Crippen molar-refractivity contribution in [3.8, 4) is 11.4 Å². The Labute approximate surface area is 215 Å². The Morgan fingerprint density at radius 3 is 2.73 bits per heavy atom. The fraction of sp³-hybridized carbons (Fsp3) is 0.423. The normalized spacial score (nSPS) is 17.3. The van der Waals surface area contributed by atoms with Crippen molar-refractivity contribution in [2.24, 2.45) is 0 Å². The van der Waals surface area contributed by atoms with Crippen molar-refractivity contribution < 1.29 is 13.9 Å². The summed E-state index contributed by atoms with van der Waals surface area (Å²) in [6.45, 7) is 5.46. The molecular weight excluding hydrogens is 475 g/mol. The van der Waals surface area contributed by atoms with E-state index in [0.717, 1.165) is 42.1 Å². The van der Waals surface area contributed by atoms with E-state index in [2.05, 4.69) is 37.3 Å². The van der Waals surface area contributed by atoms with Gasteiger partial charge in [0.1, 0.15) is 5.82 Å². The minimum Gasteiger partial charge on any atom is -0.377 e. The molecule has 2 aromatic heterocycles. The molecule has 3 aromatic rings. The number of morpholine rings is 1. The summed E-state index contributed by atoms with van der Waals surface area (Å²) in [6.07, 6.45) is 4.59. The van der Waals surface area contributed by atoms with Crippen molar-refractivity contribution in [3.63, 3.8) is 0 Å². The van der Waals surface area contributed by atoms with E-state index in [0.29, 0.717) is 43.6 Å². The number of hydrogen-bond donors (Lipinski definition) is 2. The average molecular weight is 507 g/mol. The Hall–Kier alpha value is -3.86. The minimum absolute atomic E-state index is 0.207. The maximum atomic E-state index is 12.3. The summed E-state index contributed by atoms with van der Waals surface area (Å²) in [7, 11) is 0. The molecule has 0 bridgehead atoms. The largest absolute Gasteiger partial charge is 0.377 e. The van der Waals surface area contributed by atoms with E-state index in [1.54, 1.807) is 12.4 Å². The molecule has 0 radical (unpaired) electrons. The molecular formula is C26H31FN8O2. The highest BCUT2D eigenvalue weighted by Gasteiger charge is 2.29. The van der Waals surface area contributed by atoms with E-state index in [-0.39, 0.29) is 18.6 Å². The highest BCUT2D eigenvalue weighted by molar-refractivity contribution is 5.89. The van der Waals surface area contributed by atoms with Gasteiger partial charge in [-0.2, -0.15) is 0 Å². The van der Waals surface area contributed by atoms with Crippen LogP contribution in [0.15, 0.2) is 42.7 Å². The fourth-order valence-corrected chi connectivity index (χ4v) is 4.59. The van der Waals surface area contributed by atoms with Gasteiger partial charge in [-0.3, -0.25) is 4.39 Å². The molecule has 1 atom stereocenters. The van der Waals surface area contributed by atoms with Crippen LogP contribution in [0.1, 0.15) is 24.6 Å². The third-order valence-electron chi connectivity index (χ3n) is 6.51. The van der Waals surface area contributed by atoms with E-state index < -0.39 is 6.67 Å². The number of ether oxygens (including phenoxy) is 1. The lowest BCUT2D eigenvalue weighted by atomic mass is 10.0. The molecule has 10 nitrogen and oxygen atoms in total. The Morgan fingerprint density at radius 1 is 1.16 bits per heavy atom. The van der Waals surface area contributed by atoms with E-state index in [1.807, 2.05) is 30.3 Å². The van der Waals surface area contributed by atoms with Crippen molar-refractivity contribution >= 4 is 23.5 Å². The molecule has 2 N–H and O–H groups in total. The second kappa shape index (κ2) is 11.5. The Kier molecular flexibility index (Phi) is 7.69. The van der Waals surface area contributed by atoms with Gasteiger partial charge in [-0.1, -0.05) is 0 Å². The topological polar surface area (TPSA) is 108 Å². The Morgan fingerprint density at radius 2 is 1.97 bits per heavy atom. The standard InChI is InChI=1S/C26H31FN8O2/c1-18-17-37-15-14-35(18)24-21-8-13-34(25-28-11-3-12-29-25)16-22(21)32-23(33-24)19-4-6-20(7-5-19)31-26(36)30-10-2-9-27/h3-7,11-12,18H,2,8-10,13-17H2,1H3,(H2,30,31,36). The van der Waals surface area contributed by atoms with Gasteiger partial charge in [-0.15, -0.1) is 0 Å². The maximum absolute atomic E-state index is 12.3. The zero-order chi connectivity index (χ0) is 25.6. The molecule has 11 heteroatoms. The van der Waals surface area contributed by atoms with Crippen LogP contribution in [-0.4, -0.2) is 71.5 Å². The van der Waals surface area contributed by atoms with Crippen molar-refractivity contribution in [2.75, 3.05) is 54.6 Å². The van der Waals surface area contributed by atoms with Crippen LogP contribution in [0.3, 0.4) is 0 Å². The van der Waals surface area contributed by atoms with Crippen molar-refractivity contribution in [2.45, 2.75) is 32.4 Å². The van der Waals surface area contributed by atoms with Gasteiger partial charge in [-0.25, -0.2) is 24.7 Å². The Bertz CT molecular complexity index is 1210. The molecule has 1 unspecified atom stereocenters. The average Bonchev–Trinajstić information content (AvgIpc) is 2.93. The fourth-order valence-electron chi connectivity index (χ4n) is 4.59. The van der Waals surface area contributed by atoms with Gasteiger partial charge in [0, 0.05) is 48.8 Å². The molecule has 1 aromatic carbocycles. The molecule has 0 saturated carbocycles. The molecule has 2 aliphatic rings. The van der Waals surface area contributed by atoms with E-state index in [9.17, 15) is 9.18 Å². The van der Waals surface area contributed by atoms with Crippen LogP contribution >= 0.6 is 0 Å². The van der Waals surface area contributed by atoms with Gasteiger partial charge in [0.2, 0.25) is 5.95 Å². The van der Waals surface area contributed by atoms with Gasteiger partial charge in [0.25, 0.3) is 0 Å². The van der Waals surface area contributed by atoms with Crippen LogP contribution in [0, 0.1) is 0 Å². The molecule has 5 rings (SSSR count). The maximum Gasteiger partial charge on any atom is 0.319 e. The number of aromatic nitrogens is 4. The number of carbonyl (C=O) groups is 1. The van der Waals surface area contributed by atoms with Crippen LogP contribution in [0.25, 0.3) is 11.4 Å². The van der Waals surface area contributed by atoms with Crippen LogP contribution in [-0.2, 0) is 17.7 Å². The second-order valence-corrected chi connectivity index (χ2v) is 9.13. The van der Waals surface area contributed by atoms with Gasteiger partial charge in [-0.05, 0) is 50.1 Å². The summed E-state index contributed by atoms with van der Waals surface area (Å²) in [6, 6.07) is 9.07. The summed E-state index contributed by atoms with van der Waals surface area (Å²) in [4.78, 5) is 35.3. The lowest BCUT2D eigenvalue weighted by molar-refractivity contribution is 0.0984. The molecule has 1 saturated heterocycles. The number of anilines is 3. The predicted octanol–water partition coefficient (Wildman–Crippen LogP) is 3.20. The molecule has 1 fully saturated rings. The molecule has 2 amide bonds. The minimum atomic E-state index is -0.461. The SMILES string of the molecule is CC1COCCN1c1nc(-c2ccc(NC(=O)NCCCF)cc2)nc2c1CCN(c1ncccn1)C2. The van der Waals surface area contributed by atoms with Crippen LogP contribution in [0.5, 0.6) is 0 Å². The number of halogens is 1. The highest BCUT2D eigenvalue weighted by Crippen LogP contribution is 2.32. The highest BCUT2D eigenvalue weighted by atomic mass is 19.1. The van der Waals surface area contributed by atoms with Crippen LogP contribution in [0.4, 0.5) is 26.6 Å². The van der Waals surface area contributed by atoms with Crippen molar-refractivity contribution in [3.05, 3.63) is 54.0 Å². The van der Waals surface area contributed by atoms with Gasteiger partial charge >= 0.3 is 6.03 Å². The first-order valence-corrected chi connectivity index (χ1v) is 12.6. The van der Waals surface area contributed by atoms with Crippen molar-refractivity contribution in [1.29, 1.82) is 0 Å². The van der Waals surface area contributed by atoms with E-state index in [1.165, 1.54) is 0 Å². The summed E-state index contributed by atoms with van der Waals surface area (Å²) < 4.78 is 17.9. The first-order valence-electron chi connectivity index (χ1n) is 12.6. The summed E-state index contributed by atoms with van der Waals surface area (Å²) in [5.41, 5.74) is 3.61. The Balaban J connectivity index is 1.43. The van der Waals surface area contributed by atoms with E-state index in [4.69, 9.17) is 14.7 Å². The van der Waals surface area contributed by atoms with Crippen LogP contribution < -0.4 is 20.4 Å². The summed E-state index contributed by atoms with van der Waals surface area (Å²) in [5, 5.41) is 5.40. The molecule has 37 heavy (non-hydrogen) atoms. The van der Waals surface area contributed by atoms with Crippen LogP contribution in [0.2, 0.25) is 0 Å². The number of carbonyl (C=O) groups excluding carboxylic acids is 1.